The molecule has 0 fully saturated rings. The average Bonchev–Trinajstić information content (AvgIpc) is 2.48. The van der Waals surface area contributed by atoms with Crippen LogP contribution >= 0.6 is 11.6 Å². The lowest BCUT2D eigenvalue weighted by Gasteiger charge is -2.08. The van der Waals surface area contributed by atoms with E-state index >= 15 is 0 Å². The van der Waals surface area contributed by atoms with Crippen molar-refractivity contribution >= 4 is 34.1 Å². The van der Waals surface area contributed by atoms with Crippen molar-refractivity contribution in [2.24, 2.45) is 0 Å². The maximum absolute atomic E-state index is 12.2. The highest BCUT2D eigenvalue weighted by atomic mass is 35.5. The Kier molecular flexibility index (Phi) is 3.65. The molecule has 22 heavy (non-hydrogen) atoms. The summed E-state index contributed by atoms with van der Waals surface area (Å²) >= 11 is 5.91. The summed E-state index contributed by atoms with van der Waals surface area (Å²) in [5, 5.41) is 3.80. The molecule has 1 aromatic carbocycles. The molecule has 0 aliphatic carbocycles. The van der Waals surface area contributed by atoms with Crippen LogP contribution in [0.1, 0.15) is 15.9 Å². The molecule has 110 valence electrons. The number of benzene rings is 1. The van der Waals surface area contributed by atoms with E-state index in [1.54, 1.807) is 24.3 Å². The number of amides is 1. The third-order valence-electron chi connectivity index (χ3n) is 3.31. The zero-order valence-electron chi connectivity index (χ0n) is 11.7. The van der Waals surface area contributed by atoms with Crippen molar-refractivity contribution in [3.63, 3.8) is 0 Å². The number of halogens is 1. The number of pyridine rings is 2. The van der Waals surface area contributed by atoms with Crippen LogP contribution in [-0.2, 0) is 0 Å². The largest absolute Gasteiger partial charge is 0.322 e. The van der Waals surface area contributed by atoms with Gasteiger partial charge in [-0.3, -0.25) is 9.59 Å². The minimum Gasteiger partial charge on any atom is -0.322 e. The van der Waals surface area contributed by atoms with Crippen LogP contribution in [0, 0.1) is 6.92 Å². The molecule has 1 amide bonds. The fourth-order valence-corrected chi connectivity index (χ4v) is 2.46. The van der Waals surface area contributed by atoms with Crippen LogP contribution in [0.25, 0.3) is 10.9 Å². The number of carbonyl (C=O) groups is 1. The summed E-state index contributed by atoms with van der Waals surface area (Å²) in [4.78, 5) is 30.3. The maximum atomic E-state index is 12.2. The van der Waals surface area contributed by atoms with Gasteiger partial charge in [0.25, 0.3) is 5.91 Å². The molecule has 0 atom stereocenters. The fraction of sp³-hybridized carbons (Fsp3) is 0.0625. The molecule has 0 aliphatic rings. The molecule has 2 heterocycles. The highest BCUT2D eigenvalue weighted by Gasteiger charge is 2.11. The molecular weight excluding hydrogens is 302 g/mol. The normalized spacial score (nSPS) is 10.6. The van der Waals surface area contributed by atoms with Gasteiger partial charge in [0.1, 0.15) is 5.15 Å². The second-order valence-corrected chi connectivity index (χ2v) is 5.23. The molecular formula is C16H12ClN3O2. The first kappa shape index (κ1) is 14.3. The molecule has 0 saturated carbocycles. The van der Waals surface area contributed by atoms with E-state index in [1.807, 2.05) is 13.0 Å². The van der Waals surface area contributed by atoms with E-state index in [0.29, 0.717) is 11.3 Å². The molecule has 0 radical (unpaired) electrons. The number of fused-ring (bicyclic) bond motifs is 1. The molecule has 0 unspecified atom stereocenters. The second kappa shape index (κ2) is 5.61. The first-order valence-corrected chi connectivity index (χ1v) is 6.98. The summed E-state index contributed by atoms with van der Waals surface area (Å²) in [7, 11) is 0. The minimum absolute atomic E-state index is 0.149. The molecule has 0 spiro atoms. The van der Waals surface area contributed by atoms with Gasteiger partial charge in [-0.15, -0.1) is 0 Å². The summed E-state index contributed by atoms with van der Waals surface area (Å²) in [5.41, 5.74) is 2.34. The lowest BCUT2D eigenvalue weighted by atomic mass is 10.1. The summed E-state index contributed by atoms with van der Waals surface area (Å²) in [6.45, 7) is 1.85. The number of nitrogens with one attached hydrogen (secondary N) is 2. The van der Waals surface area contributed by atoms with E-state index in [9.17, 15) is 9.59 Å². The van der Waals surface area contributed by atoms with Gasteiger partial charge >= 0.3 is 0 Å². The molecule has 2 aromatic heterocycles. The number of hydrogen-bond acceptors (Lipinski definition) is 3. The smallest absolute Gasteiger partial charge is 0.258 e. The van der Waals surface area contributed by atoms with Crippen LogP contribution in [0.15, 0.2) is 47.4 Å². The fourth-order valence-electron chi connectivity index (χ4n) is 2.25. The number of aromatic nitrogens is 2. The van der Waals surface area contributed by atoms with Gasteiger partial charge in [-0.2, -0.15) is 0 Å². The molecule has 6 heteroatoms. The van der Waals surface area contributed by atoms with Crippen LogP contribution in [0.3, 0.4) is 0 Å². The highest BCUT2D eigenvalue weighted by Crippen LogP contribution is 2.21. The van der Waals surface area contributed by atoms with Gasteiger partial charge in [-0.05, 0) is 42.8 Å². The van der Waals surface area contributed by atoms with Crippen LogP contribution < -0.4 is 10.9 Å². The molecule has 0 saturated heterocycles. The van der Waals surface area contributed by atoms with Gasteiger partial charge in [0.15, 0.2) is 0 Å². The van der Waals surface area contributed by atoms with Crippen molar-refractivity contribution < 1.29 is 4.79 Å². The summed E-state index contributed by atoms with van der Waals surface area (Å²) in [6.07, 6.45) is 1.52. The minimum atomic E-state index is -0.334. The summed E-state index contributed by atoms with van der Waals surface area (Å²) in [5.74, 6) is -0.334. The van der Waals surface area contributed by atoms with Gasteiger partial charge in [-0.25, -0.2) is 4.98 Å². The van der Waals surface area contributed by atoms with Gasteiger partial charge in [0.2, 0.25) is 5.56 Å². The van der Waals surface area contributed by atoms with Crippen molar-refractivity contribution in [3.8, 4) is 0 Å². The Balaban J connectivity index is 1.96. The number of rotatable bonds is 2. The number of carbonyl (C=O) groups excluding carboxylic acids is 1. The number of anilines is 1. The van der Waals surface area contributed by atoms with E-state index in [2.05, 4.69) is 15.3 Å². The van der Waals surface area contributed by atoms with Crippen molar-refractivity contribution in [2.75, 3.05) is 5.32 Å². The SMILES string of the molecule is Cc1cc(=O)[nH]c2ccc(NC(=O)c3cccnc3Cl)cc12. The van der Waals surface area contributed by atoms with Crippen molar-refractivity contribution in [2.45, 2.75) is 6.92 Å². The number of hydrogen-bond donors (Lipinski definition) is 2. The molecule has 3 aromatic rings. The molecule has 0 aliphatic heterocycles. The Morgan fingerprint density at radius 1 is 1.27 bits per heavy atom. The predicted octanol–water partition coefficient (Wildman–Crippen LogP) is 3.14. The van der Waals surface area contributed by atoms with Crippen LogP contribution in [0.5, 0.6) is 0 Å². The highest BCUT2D eigenvalue weighted by molar-refractivity contribution is 6.33. The number of aromatic amines is 1. The number of aryl methyl sites for hydroxylation is 1. The third kappa shape index (κ3) is 2.71. The lowest BCUT2D eigenvalue weighted by molar-refractivity contribution is 0.102. The first-order valence-electron chi connectivity index (χ1n) is 6.60. The van der Waals surface area contributed by atoms with Gasteiger partial charge in [0, 0.05) is 28.9 Å². The standard InChI is InChI=1S/C16H12ClN3O2/c1-9-7-14(21)20-13-5-4-10(8-12(9)13)19-16(22)11-3-2-6-18-15(11)17/h2-8H,1H3,(H,19,22)(H,20,21). The van der Waals surface area contributed by atoms with Crippen LogP contribution in [-0.4, -0.2) is 15.9 Å². The Morgan fingerprint density at radius 2 is 2.09 bits per heavy atom. The number of nitrogens with zero attached hydrogens (tertiary/aromatic N) is 1. The van der Waals surface area contributed by atoms with Crippen LogP contribution in [0.4, 0.5) is 5.69 Å². The van der Waals surface area contributed by atoms with Gasteiger partial charge in [-0.1, -0.05) is 11.6 Å². The zero-order chi connectivity index (χ0) is 15.7. The van der Waals surface area contributed by atoms with Crippen molar-refractivity contribution in [3.05, 3.63) is 69.2 Å². The number of H-pyrrole nitrogens is 1. The van der Waals surface area contributed by atoms with E-state index in [0.717, 1.165) is 16.5 Å². The Morgan fingerprint density at radius 3 is 2.86 bits per heavy atom. The van der Waals surface area contributed by atoms with Gasteiger partial charge in [0.05, 0.1) is 5.56 Å². The monoisotopic (exact) mass is 313 g/mol. The first-order chi connectivity index (χ1) is 10.5. The maximum Gasteiger partial charge on any atom is 0.258 e. The Bertz CT molecular complexity index is 934. The molecule has 0 bridgehead atoms. The molecule has 3 rings (SSSR count). The quantitative estimate of drug-likeness (QED) is 0.714. The topological polar surface area (TPSA) is 74.8 Å². The zero-order valence-corrected chi connectivity index (χ0v) is 12.4. The Hall–Kier alpha value is -2.66. The molecule has 5 nitrogen and oxygen atoms in total. The van der Waals surface area contributed by atoms with E-state index in [4.69, 9.17) is 11.6 Å². The Labute approximate surface area is 131 Å². The van der Waals surface area contributed by atoms with E-state index < -0.39 is 0 Å². The van der Waals surface area contributed by atoms with E-state index in [1.165, 1.54) is 12.3 Å². The third-order valence-corrected chi connectivity index (χ3v) is 3.61. The summed E-state index contributed by atoms with van der Waals surface area (Å²) < 4.78 is 0. The van der Waals surface area contributed by atoms with Crippen LogP contribution in [0.2, 0.25) is 5.15 Å². The summed E-state index contributed by atoms with van der Waals surface area (Å²) in [6, 6.07) is 10.1. The van der Waals surface area contributed by atoms with Crippen molar-refractivity contribution in [1.82, 2.24) is 9.97 Å². The lowest BCUT2D eigenvalue weighted by Crippen LogP contribution is -2.13. The average molecular weight is 314 g/mol. The molecule has 2 N–H and O–H groups in total. The van der Waals surface area contributed by atoms with Gasteiger partial charge < -0.3 is 10.3 Å². The second-order valence-electron chi connectivity index (χ2n) is 4.87. The predicted molar refractivity (Wildman–Crippen MR) is 86.5 cm³/mol. The van der Waals surface area contributed by atoms with Crippen molar-refractivity contribution in [1.29, 1.82) is 0 Å². The van der Waals surface area contributed by atoms with E-state index in [-0.39, 0.29) is 16.6 Å².